The van der Waals surface area contributed by atoms with Crippen molar-refractivity contribution in [3.63, 3.8) is 0 Å². The van der Waals surface area contributed by atoms with Crippen LogP contribution in [0.4, 0.5) is 8.78 Å². The fourth-order valence-corrected chi connectivity index (χ4v) is 3.06. The van der Waals surface area contributed by atoms with Crippen molar-refractivity contribution in [2.45, 2.75) is 37.8 Å². The van der Waals surface area contributed by atoms with Crippen LogP contribution in [0.3, 0.4) is 0 Å². The highest BCUT2D eigenvalue weighted by Crippen LogP contribution is 2.19. The molecule has 5 nitrogen and oxygen atoms in total. The van der Waals surface area contributed by atoms with Crippen molar-refractivity contribution in [3.8, 4) is 0 Å². The van der Waals surface area contributed by atoms with Crippen LogP contribution in [0.2, 0.25) is 0 Å². The first-order valence-corrected chi connectivity index (χ1v) is 8.20. The van der Waals surface area contributed by atoms with Crippen molar-refractivity contribution in [1.82, 2.24) is 14.5 Å². The lowest BCUT2D eigenvalue weighted by Crippen LogP contribution is -2.26. The van der Waals surface area contributed by atoms with E-state index in [0.29, 0.717) is 5.56 Å². The van der Waals surface area contributed by atoms with Crippen molar-refractivity contribution >= 4 is 10.0 Å². The third-order valence-electron chi connectivity index (χ3n) is 3.19. The molecule has 1 N–H and O–H groups in total. The number of benzene rings is 1. The van der Waals surface area contributed by atoms with Crippen LogP contribution in [0.5, 0.6) is 0 Å². The summed E-state index contributed by atoms with van der Waals surface area (Å²) in [6, 6.07) is 2.60. The Morgan fingerprint density at radius 1 is 1.18 bits per heavy atom. The van der Waals surface area contributed by atoms with Crippen LogP contribution in [-0.2, 0) is 10.0 Å². The SMILES string of the molecule is CC(C)n1cc(S(=O)(=O)N[C@H](C)c2ccc(F)c(F)c2)cn1. The van der Waals surface area contributed by atoms with Gasteiger partial charge in [-0.25, -0.2) is 21.9 Å². The quantitative estimate of drug-likeness (QED) is 0.917. The van der Waals surface area contributed by atoms with Gasteiger partial charge in [-0.3, -0.25) is 4.68 Å². The van der Waals surface area contributed by atoms with Crippen molar-refractivity contribution in [2.24, 2.45) is 0 Å². The van der Waals surface area contributed by atoms with Gasteiger partial charge in [0.2, 0.25) is 10.0 Å². The van der Waals surface area contributed by atoms with E-state index in [0.717, 1.165) is 12.1 Å². The average Bonchev–Trinajstić information content (AvgIpc) is 2.92. The second-order valence-electron chi connectivity index (χ2n) is 5.27. The predicted octanol–water partition coefficient (Wildman–Crippen LogP) is 2.78. The molecule has 0 fully saturated rings. The maximum absolute atomic E-state index is 13.2. The molecule has 0 radical (unpaired) electrons. The van der Waals surface area contributed by atoms with E-state index >= 15 is 0 Å². The number of hydrogen-bond acceptors (Lipinski definition) is 3. The standard InChI is InChI=1S/C14H17F2N3O2S/c1-9(2)19-8-12(7-17-19)22(20,21)18-10(3)11-4-5-13(15)14(16)6-11/h4-10,18H,1-3H3/t10-/m1/s1. The van der Waals surface area contributed by atoms with Gasteiger partial charge in [0.1, 0.15) is 4.90 Å². The van der Waals surface area contributed by atoms with E-state index in [1.54, 1.807) is 6.92 Å². The van der Waals surface area contributed by atoms with Crippen molar-refractivity contribution in [1.29, 1.82) is 0 Å². The zero-order valence-corrected chi connectivity index (χ0v) is 13.2. The molecule has 0 unspecified atom stereocenters. The normalized spacial score (nSPS) is 13.5. The molecule has 0 aliphatic carbocycles. The minimum Gasteiger partial charge on any atom is -0.269 e. The Hall–Kier alpha value is -1.80. The number of hydrogen-bond donors (Lipinski definition) is 1. The summed E-state index contributed by atoms with van der Waals surface area (Å²) in [6.45, 7) is 5.30. The fraction of sp³-hybridized carbons (Fsp3) is 0.357. The van der Waals surface area contributed by atoms with Gasteiger partial charge in [-0.1, -0.05) is 6.07 Å². The maximum atomic E-state index is 13.2. The van der Waals surface area contributed by atoms with Crippen LogP contribution in [0.25, 0.3) is 0 Å². The molecule has 1 aromatic carbocycles. The summed E-state index contributed by atoms with van der Waals surface area (Å²) in [7, 11) is -3.79. The second kappa shape index (κ2) is 6.13. The number of nitrogens with zero attached hydrogens (tertiary/aromatic N) is 2. The van der Waals surface area contributed by atoms with Crippen LogP contribution in [0.15, 0.2) is 35.5 Å². The summed E-state index contributed by atoms with van der Waals surface area (Å²) < 4.78 is 54.6. The summed E-state index contributed by atoms with van der Waals surface area (Å²) in [5.41, 5.74) is 0.332. The zero-order valence-electron chi connectivity index (χ0n) is 12.4. The van der Waals surface area contributed by atoms with E-state index in [1.165, 1.54) is 23.1 Å². The van der Waals surface area contributed by atoms with Crippen LogP contribution < -0.4 is 4.72 Å². The Balaban J connectivity index is 2.21. The number of halogens is 2. The van der Waals surface area contributed by atoms with Gasteiger partial charge in [0.25, 0.3) is 0 Å². The van der Waals surface area contributed by atoms with Crippen LogP contribution in [0, 0.1) is 11.6 Å². The zero-order chi connectivity index (χ0) is 16.5. The smallest absolute Gasteiger partial charge is 0.244 e. The molecule has 120 valence electrons. The number of nitrogens with one attached hydrogen (secondary N) is 1. The molecule has 2 rings (SSSR count). The molecule has 0 bridgehead atoms. The van der Waals surface area contributed by atoms with Gasteiger partial charge in [-0.05, 0) is 38.5 Å². The van der Waals surface area contributed by atoms with Gasteiger partial charge in [-0.2, -0.15) is 5.10 Å². The van der Waals surface area contributed by atoms with Gasteiger partial charge in [0.05, 0.1) is 6.20 Å². The third-order valence-corrected chi connectivity index (χ3v) is 4.69. The lowest BCUT2D eigenvalue weighted by molar-refractivity contribution is 0.504. The van der Waals surface area contributed by atoms with E-state index in [1.807, 2.05) is 13.8 Å². The first-order valence-electron chi connectivity index (χ1n) is 6.72. The summed E-state index contributed by atoms with van der Waals surface area (Å²) in [4.78, 5) is 0.0237. The molecule has 0 saturated carbocycles. The highest BCUT2D eigenvalue weighted by molar-refractivity contribution is 7.89. The van der Waals surface area contributed by atoms with Crippen LogP contribution >= 0.6 is 0 Å². The van der Waals surface area contributed by atoms with Crippen LogP contribution in [-0.4, -0.2) is 18.2 Å². The Kier molecular flexibility index (Phi) is 4.62. The third kappa shape index (κ3) is 3.50. The molecular weight excluding hydrogens is 312 g/mol. The highest BCUT2D eigenvalue weighted by Gasteiger charge is 2.21. The second-order valence-corrected chi connectivity index (χ2v) is 6.98. The minimum absolute atomic E-state index is 0.0237. The van der Waals surface area contributed by atoms with E-state index < -0.39 is 27.7 Å². The van der Waals surface area contributed by atoms with E-state index in [4.69, 9.17) is 0 Å². The van der Waals surface area contributed by atoms with Crippen molar-refractivity contribution in [3.05, 3.63) is 47.8 Å². The van der Waals surface area contributed by atoms with Gasteiger partial charge in [0, 0.05) is 18.3 Å². The molecule has 1 aromatic heterocycles. The fourth-order valence-electron chi connectivity index (χ4n) is 1.89. The Bertz CT molecular complexity index is 772. The highest BCUT2D eigenvalue weighted by atomic mass is 32.2. The van der Waals surface area contributed by atoms with Crippen LogP contribution in [0.1, 0.15) is 38.4 Å². The van der Waals surface area contributed by atoms with Gasteiger partial charge < -0.3 is 0 Å². The monoisotopic (exact) mass is 329 g/mol. The number of rotatable bonds is 5. The molecule has 2 aromatic rings. The van der Waals surface area contributed by atoms with E-state index in [9.17, 15) is 17.2 Å². The number of sulfonamides is 1. The molecule has 1 atom stereocenters. The first kappa shape index (κ1) is 16.6. The Labute approximate surface area is 128 Å². The molecular formula is C14H17F2N3O2S. The van der Waals surface area contributed by atoms with Gasteiger partial charge in [0.15, 0.2) is 11.6 Å². The molecule has 1 heterocycles. The van der Waals surface area contributed by atoms with E-state index in [-0.39, 0.29) is 10.9 Å². The largest absolute Gasteiger partial charge is 0.269 e. The maximum Gasteiger partial charge on any atom is 0.244 e. The predicted molar refractivity (Wildman–Crippen MR) is 77.7 cm³/mol. The lowest BCUT2D eigenvalue weighted by atomic mass is 10.1. The molecule has 8 heteroatoms. The van der Waals surface area contributed by atoms with Gasteiger partial charge >= 0.3 is 0 Å². The Morgan fingerprint density at radius 3 is 2.41 bits per heavy atom. The van der Waals surface area contributed by atoms with Crippen molar-refractivity contribution < 1.29 is 17.2 Å². The van der Waals surface area contributed by atoms with Crippen molar-refractivity contribution in [2.75, 3.05) is 0 Å². The Morgan fingerprint density at radius 2 is 1.86 bits per heavy atom. The summed E-state index contributed by atoms with van der Waals surface area (Å²) in [5, 5.41) is 3.98. The summed E-state index contributed by atoms with van der Waals surface area (Å²) in [6.07, 6.45) is 2.67. The first-order chi connectivity index (χ1) is 10.2. The lowest BCUT2D eigenvalue weighted by Gasteiger charge is -2.14. The molecule has 22 heavy (non-hydrogen) atoms. The molecule has 0 amide bonds. The minimum atomic E-state index is -3.79. The summed E-state index contributed by atoms with van der Waals surface area (Å²) >= 11 is 0. The summed E-state index contributed by atoms with van der Waals surface area (Å²) in [5.74, 6) is -1.99. The van der Waals surface area contributed by atoms with E-state index in [2.05, 4.69) is 9.82 Å². The van der Waals surface area contributed by atoms with Gasteiger partial charge in [-0.15, -0.1) is 0 Å². The molecule has 0 saturated heterocycles. The topological polar surface area (TPSA) is 64.0 Å². The molecule has 0 aliphatic rings. The molecule has 0 spiro atoms. The average molecular weight is 329 g/mol. The molecule has 0 aliphatic heterocycles. The number of aromatic nitrogens is 2.